The molecule has 0 spiro atoms. The fourth-order valence-electron chi connectivity index (χ4n) is 3.02. The van der Waals surface area contributed by atoms with Gasteiger partial charge in [0.2, 0.25) is 0 Å². The summed E-state index contributed by atoms with van der Waals surface area (Å²) in [5, 5.41) is 0. The van der Waals surface area contributed by atoms with Gasteiger partial charge in [-0.15, -0.1) is 0 Å². The van der Waals surface area contributed by atoms with Crippen LogP contribution in [0.15, 0.2) is 18.2 Å². The Hall–Kier alpha value is -0.970. The molecule has 0 bridgehead atoms. The van der Waals surface area contributed by atoms with Crippen molar-refractivity contribution in [3.8, 4) is 0 Å². The highest BCUT2D eigenvalue weighted by Crippen LogP contribution is 2.33. The van der Waals surface area contributed by atoms with Crippen molar-refractivity contribution in [1.82, 2.24) is 4.90 Å². The summed E-state index contributed by atoms with van der Waals surface area (Å²) in [6.45, 7) is 9.45. The summed E-state index contributed by atoms with van der Waals surface area (Å²) >= 11 is 0. The van der Waals surface area contributed by atoms with Gasteiger partial charge in [-0.25, -0.2) is 4.39 Å². The summed E-state index contributed by atoms with van der Waals surface area (Å²) in [5.74, 6) is -0.212. The van der Waals surface area contributed by atoms with Crippen molar-refractivity contribution in [2.24, 2.45) is 5.73 Å². The third-order valence-corrected chi connectivity index (χ3v) is 4.54. The molecular weight excluding hydrogens is 255 g/mol. The molecule has 2 N–H and O–H groups in total. The molecule has 1 aromatic rings. The van der Waals surface area contributed by atoms with Gasteiger partial charge in [-0.05, 0) is 43.5 Å². The average molecular weight is 280 g/mol. The SMILES string of the molecule is CCC(C)(C(N)c1cc(C)cc(F)c1)N1CCOCC1. The Morgan fingerprint density at radius 1 is 1.35 bits per heavy atom. The van der Waals surface area contributed by atoms with Crippen LogP contribution in [-0.2, 0) is 4.74 Å². The number of benzene rings is 1. The molecule has 0 amide bonds. The van der Waals surface area contributed by atoms with Crippen LogP contribution in [0.1, 0.15) is 37.4 Å². The Morgan fingerprint density at radius 2 is 2.00 bits per heavy atom. The van der Waals surface area contributed by atoms with E-state index in [1.165, 1.54) is 6.07 Å². The van der Waals surface area contributed by atoms with Crippen LogP contribution in [0, 0.1) is 12.7 Å². The van der Waals surface area contributed by atoms with Gasteiger partial charge in [0.1, 0.15) is 5.82 Å². The van der Waals surface area contributed by atoms with E-state index in [1.807, 2.05) is 13.0 Å². The van der Waals surface area contributed by atoms with Crippen molar-refractivity contribution in [3.63, 3.8) is 0 Å². The molecule has 1 aliphatic rings. The first-order valence-corrected chi connectivity index (χ1v) is 7.33. The second-order valence-corrected chi connectivity index (χ2v) is 5.85. The molecule has 3 nitrogen and oxygen atoms in total. The summed E-state index contributed by atoms with van der Waals surface area (Å²) < 4.78 is 19.1. The van der Waals surface area contributed by atoms with Gasteiger partial charge < -0.3 is 10.5 Å². The number of rotatable bonds is 4. The topological polar surface area (TPSA) is 38.5 Å². The van der Waals surface area contributed by atoms with Crippen LogP contribution in [0.4, 0.5) is 4.39 Å². The maximum atomic E-state index is 13.6. The van der Waals surface area contributed by atoms with E-state index in [-0.39, 0.29) is 17.4 Å². The lowest BCUT2D eigenvalue weighted by molar-refractivity contribution is -0.0278. The van der Waals surface area contributed by atoms with Gasteiger partial charge in [-0.1, -0.05) is 13.0 Å². The molecule has 2 rings (SSSR count). The minimum Gasteiger partial charge on any atom is -0.379 e. The number of morpholine rings is 1. The monoisotopic (exact) mass is 280 g/mol. The molecule has 20 heavy (non-hydrogen) atoms. The summed E-state index contributed by atoms with van der Waals surface area (Å²) in [4.78, 5) is 2.38. The quantitative estimate of drug-likeness (QED) is 0.921. The number of nitrogens with zero attached hydrogens (tertiary/aromatic N) is 1. The van der Waals surface area contributed by atoms with Crippen LogP contribution >= 0.6 is 0 Å². The largest absolute Gasteiger partial charge is 0.379 e. The Kier molecular flexibility index (Phi) is 4.78. The van der Waals surface area contributed by atoms with Crippen molar-refractivity contribution >= 4 is 0 Å². The molecule has 0 saturated carbocycles. The maximum Gasteiger partial charge on any atom is 0.123 e. The van der Waals surface area contributed by atoms with E-state index in [0.29, 0.717) is 0 Å². The van der Waals surface area contributed by atoms with E-state index in [9.17, 15) is 4.39 Å². The van der Waals surface area contributed by atoms with Crippen molar-refractivity contribution in [2.75, 3.05) is 26.3 Å². The molecular formula is C16H25FN2O. The second kappa shape index (κ2) is 6.20. The number of nitrogens with two attached hydrogens (primary N) is 1. The Bertz CT molecular complexity index is 440. The zero-order valence-electron chi connectivity index (χ0n) is 12.7. The van der Waals surface area contributed by atoms with E-state index >= 15 is 0 Å². The first-order valence-electron chi connectivity index (χ1n) is 7.33. The van der Waals surface area contributed by atoms with Crippen molar-refractivity contribution in [1.29, 1.82) is 0 Å². The highest BCUT2D eigenvalue weighted by molar-refractivity contribution is 5.28. The molecule has 2 atom stereocenters. The Labute approximate surface area is 120 Å². The van der Waals surface area contributed by atoms with Crippen LogP contribution < -0.4 is 5.73 Å². The fourth-order valence-corrected chi connectivity index (χ4v) is 3.02. The summed E-state index contributed by atoms with van der Waals surface area (Å²) in [7, 11) is 0. The first kappa shape index (κ1) is 15.4. The third-order valence-electron chi connectivity index (χ3n) is 4.54. The first-order chi connectivity index (χ1) is 9.47. The molecule has 1 saturated heterocycles. The molecule has 1 heterocycles. The smallest absolute Gasteiger partial charge is 0.123 e. The van der Waals surface area contributed by atoms with Gasteiger partial charge in [0.05, 0.1) is 13.2 Å². The van der Waals surface area contributed by atoms with Crippen molar-refractivity contribution < 1.29 is 9.13 Å². The van der Waals surface area contributed by atoms with E-state index in [1.54, 1.807) is 6.07 Å². The van der Waals surface area contributed by atoms with Crippen molar-refractivity contribution in [2.45, 2.75) is 38.8 Å². The molecule has 112 valence electrons. The second-order valence-electron chi connectivity index (χ2n) is 5.85. The van der Waals surface area contributed by atoms with Crippen LogP contribution in [0.3, 0.4) is 0 Å². The molecule has 2 unspecified atom stereocenters. The van der Waals surface area contributed by atoms with Crippen LogP contribution in [0.2, 0.25) is 0 Å². The fraction of sp³-hybridized carbons (Fsp3) is 0.625. The van der Waals surface area contributed by atoms with Gasteiger partial charge in [-0.2, -0.15) is 0 Å². The molecule has 0 aliphatic carbocycles. The van der Waals surface area contributed by atoms with Gasteiger partial charge in [0.15, 0.2) is 0 Å². The standard InChI is InChI=1S/C16H25FN2O/c1-4-16(3,19-5-7-20-8-6-19)15(18)13-9-12(2)10-14(17)11-13/h9-11,15H,4-8,18H2,1-3H3. The van der Waals surface area contributed by atoms with E-state index in [2.05, 4.69) is 18.7 Å². The minimum atomic E-state index is -0.212. The lowest BCUT2D eigenvalue weighted by atomic mass is 9.83. The van der Waals surface area contributed by atoms with E-state index in [0.717, 1.165) is 43.9 Å². The average Bonchev–Trinajstić information content (AvgIpc) is 2.45. The van der Waals surface area contributed by atoms with Crippen LogP contribution in [0.25, 0.3) is 0 Å². The van der Waals surface area contributed by atoms with Gasteiger partial charge in [-0.3, -0.25) is 4.90 Å². The van der Waals surface area contributed by atoms with E-state index < -0.39 is 0 Å². The minimum absolute atomic E-state index is 0.177. The van der Waals surface area contributed by atoms with Gasteiger partial charge in [0, 0.05) is 24.7 Å². The van der Waals surface area contributed by atoms with Crippen molar-refractivity contribution in [3.05, 3.63) is 35.1 Å². The Morgan fingerprint density at radius 3 is 2.55 bits per heavy atom. The number of aryl methyl sites for hydroxylation is 1. The summed E-state index contributed by atoms with van der Waals surface area (Å²) in [6, 6.07) is 4.88. The number of ether oxygens (including phenoxy) is 1. The van der Waals surface area contributed by atoms with Crippen LogP contribution in [0.5, 0.6) is 0 Å². The molecule has 0 radical (unpaired) electrons. The van der Waals surface area contributed by atoms with Gasteiger partial charge in [0.25, 0.3) is 0 Å². The number of halogens is 1. The Balaban J connectivity index is 2.29. The molecule has 1 aliphatic heterocycles. The lowest BCUT2D eigenvalue weighted by Gasteiger charge is -2.46. The van der Waals surface area contributed by atoms with Crippen LogP contribution in [-0.4, -0.2) is 36.7 Å². The summed E-state index contributed by atoms with van der Waals surface area (Å²) in [5.41, 5.74) is 8.11. The third kappa shape index (κ3) is 3.03. The predicted octanol–water partition coefficient (Wildman–Crippen LogP) is 2.63. The molecule has 1 aromatic carbocycles. The maximum absolute atomic E-state index is 13.6. The normalized spacial score (nSPS) is 21.4. The zero-order valence-corrected chi connectivity index (χ0v) is 12.7. The highest BCUT2D eigenvalue weighted by Gasteiger charge is 2.37. The predicted molar refractivity (Wildman–Crippen MR) is 79.2 cm³/mol. The molecule has 4 heteroatoms. The molecule has 1 fully saturated rings. The zero-order chi connectivity index (χ0) is 14.8. The molecule has 0 aromatic heterocycles. The van der Waals surface area contributed by atoms with E-state index in [4.69, 9.17) is 10.5 Å². The summed E-state index contributed by atoms with van der Waals surface area (Å²) in [6.07, 6.45) is 0.920. The highest BCUT2D eigenvalue weighted by atomic mass is 19.1. The lowest BCUT2D eigenvalue weighted by Crippen LogP contribution is -2.56. The number of hydrogen-bond acceptors (Lipinski definition) is 3. The number of hydrogen-bond donors (Lipinski definition) is 1. The van der Waals surface area contributed by atoms with Gasteiger partial charge >= 0.3 is 0 Å².